The van der Waals surface area contributed by atoms with Crippen molar-refractivity contribution in [1.82, 2.24) is 10.7 Å². The number of nitrogens with one attached hydrogen (secondary N) is 2. The van der Waals surface area contributed by atoms with Gasteiger partial charge in [-0.05, 0) is 84.7 Å². The summed E-state index contributed by atoms with van der Waals surface area (Å²) in [5.41, 5.74) is 3.23. The number of hydrogen-bond donors (Lipinski definition) is 2. The van der Waals surface area contributed by atoms with Gasteiger partial charge in [0.15, 0.2) is 17.6 Å². The van der Waals surface area contributed by atoms with E-state index in [2.05, 4.69) is 38.4 Å². The smallest absolute Gasteiger partial charge is 0.262 e. The fraction of sp³-hybridized carbons (Fsp3) is 0.400. The van der Waals surface area contributed by atoms with Gasteiger partial charge in [-0.1, -0.05) is 37.0 Å². The number of hydrazone groups is 1. The standard InChI is InChI=1S/C25H30Cl2IN3O5/c1-6-35-22-11-16(10-19(28)23(22)34-5)13-29-31-25(33)20(9-14(2)3)30-24(32)15(4)36-21-8-7-17(26)12-18(21)27/h7-8,10-15,20H,6,9H2,1-5H3,(H,30,32)(H,31,33)/b29-13-/t15-,20-/m1/s1. The fourth-order valence-corrected chi connectivity index (χ4v) is 4.48. The molecule has 0 saturated heterocycles. The van der Waals surface area contributed by atoms with Crippen LogP contribution in [-0.4, -0.2) is 43.9 Å². The summed E-state index contributed by atoms with van der Waals surface area (Å²) in [7, 11) is 1.58. The monoisotopic (exact) mass is 649 g/mol. The molecule has 2 N–H and O–H groups in total. The molecule has 0 spiro atoms. The second-order valence-electron chi connectivity index (χ2n) is 8.23. The number of carbonyl (C=O) groups excluding carboxylic acids is 2. The van der Waals surface area contributed by atoms with E-state index >= 15 is 0 Å². The predicted molar refractivity (Wildman–Crippen MR) is 151 cm³/mol. The van der Waals surface area contributed by atoms with E-state index < -0.39 is 24.0 Å². The number of rotatable bonds is 12. The van der Waals surface area contributed by atoms with Gasteiger partial charge in [0.05, 0.1) is 28.5 Å². The summed E-state index contributed by atoms with van der Waals surface area (Å²) in [4.78, 5) is 25.6. The maximum Gasteiger partial charge on any atom is 0.262 e. The van der Waals surface area contributed by atoms with Crippen LogP contribution in [0, 0.1) is 9.49 Å². The zero-order valence-electron chi connectivity index (χ0n) is 20.7. The van der Waals surface area contributed by atoms with Gasteiger partial charge in [0.25, 0.3) is 11.8 Å². The third-order valence-corrected chi connectivity index (χ3v) is 6.16. The second-order valence-corrected chi connectivity index (χ2v) is 10.2. The molecule has 36 heavy (non-hydrogen) atoms. The normalized spacial score (nSPS) is 12.8. The fourth-order valence-electron chi connectivity index (χ4n) is 3.18. The van der Waals surface area contributed by atoms with E-state index in [-0.39, 0.29) is 10.9 Å². The Kier molecular flexibility index (Phi) is 12.1. The highest BCUT2D eigenvalue weighted by atomic mass is 127. The average Bonchev–Trinajstić information content (AvgIpc) is 2.80. The first-order chi connectivity index (χ1) is 17.0. The predicted octanol–water partition coefficient (Wildman–Crippen LogP) is 5.45. The third-order valence-electron chi connectivity index (χ3n) is 4.83. The quantitative estimate of drug-likeness (QED) is 0.181. The number of halogens is 3. The average molecular weight is 650 g/mol. The molecule has 196 valence electrons. The number of ether oxygens (including phenoxy) is 3. The van der Waals surface area contributed by atoms with E-state index in [9.17, 15) is 9.59 Å². The van der Waals surface area contributed by atoms with Crippen LogP contribution < -0.4 is 25.0 Å². The van der Waals surface area contributed by atoms with Gasteiger partial charge in [0, 0.05) is 5.02 Å². The zero-order valence-corrected chi connectivity index (χ0v) is 24.4. The van der Waals surface area contributed by atoms with Crippen molar-refractivity contribution < 1.29 is 23.8 Å². The van der Waals surface area contributed by atoms with Crippen molar-refractivity contribution in [3.63, 3.8) is 0 Å². The molecular weight excluding hydrogens is 620 g/mol. The van der Waals surface area contributed by atoms with Crippen LogP contribution in [0.25, 0.3) is 0 Å². The molecule has 0 heterocycles. The molecule has 0 aliphatic rings. The number of carbonyl (C=O) groups is 2. The lowest BCUT2D eigenvalue weighted by Gasteiger charge is -2.22. The van der Waals surface area contributed by atoms with E-state index in [4.69, 9.17) is 37.4 Å². The highest BCUT2D eigenvalue weighted by Gasteiger charge is 2.25. The van der Waals surface area contributed by atoms with Gasteiger partial charge in [0.2, 0.25) is 0 Å². The molecule has 0 aromatic heterocycles. The minimum absolute atomic E-state index is 0.142. The first kappa shape index (κ1) is 30.0. The number of benzene rings is 2. The first-order valence-corrected chi connectivity index (χ1v) is 13.1. The molecule has 0 unspecified atom stereocenters. The van der Waals surface area contributed by atoms with E-state index in [0.717, 1.165) is 9.13 Å². The molecule has 11 heteroatoms. The Morgan fingerprint density at radius 1 is 1.11 bits per heavy atom. The summed E-state index contributed by atoms with van der Waals surface area (Å²) in [6.45, 7) is 7.85. The van der Waals surface area contributed by atoms with Gasteiger partial charge in [-0.25, -0.2) is 5.43 Å². The molecule has 0 radical (unpaired) electrons. The molecule has 2 amide bonds. The summed E-state index contributed by atoms with van der Waals surface area (Å²) in [6, 6.07) is 7.54. The number of hydrogen-bond acceptors (Lipinski definition) is 6. The maximum atomic E-state index is 12.9. The van der Waals surface area contributed by atoms with Gasteiger partial charge in [-0.2, -0.15) is 5.10 Å². The summed E-state index contributed by atoms with van der Waals surface area (Å²) < 4.78 is 17.5. The summed E-state index contributed by atoms with van der Waals surface area (Å²) in [6.07, 6.45) is 1.02. The van der Waals surface area contributed by atoms with Crippen molar-refractivity contribution in [3.05, 3.63) is 49.5 Å². The second kappa shape index (κ2) is 14.5. The lowest BCUT2D eigenvalue weighted by molar-refractivity contribution is -0.132. The molecule has 0 saturated carbocycles. The molecule has 8 nitrogen and oxygen atoms in total. The lowest BCUT2D eigenvalue weighted by Crippen LogP contribution is -2.49. The van der Waals surface area contributed by atoms with Crippen LogP contribution in [-0.2, 0) is 9.59 Å². The summed E-state index contributed by atoms with van der Waals surface area (Å²) in [5, 5.41) is 7.55. The van der Waals surface area contributed by atoms with Crippen LogP contribution in [0.5, 0.6) is 17.2 Å². The molecule has 0 bridgehead atoms. The molecule has 0 aliphatic carbocycles. The minimum Gasteiger partial charge on any atom is -0.492 e. The molecule has 0 fully saturated rings. The van der Waals surface area contributed by atoms with E-state index in [1.165, 1.54) is 12.3 Å². The SMILES string of the molecule is CCOc1cc(/C=N\NC(=O)[C@@H](CC(C)C)NC(=O)[C@@H](C)Oc2ccc(Cl)cc2Cl)cc(I)c1OC. The highest BCUT2D eigenvalue weighted by molar-refractivity contribution is 14.1. The van der Waals surface area contributed by atoms with Crippen molar-refractivity contribution in [2.75, 3.05) is 13.7 Å². The van der Waals surface area contributed by atoms with Crippen molar-refractivity contribution in [1.29, 1.82) is 0 Å². The first-order valence-electron chi connectivity index (χ1n) is 11.3. The van der Waals surface area contributed by atoms with Gasteiger partial charge in [-0.15, -0.1) is 0 Å². The largest absolute Gasteiger partial charge is 0.492 e. The van der Waals surface area contributed by atoms with Crippen molar-refractivity contribution >= 4 is 63.8 Å². The Morgan fingerprint density at radius 2 is 1.83 bits per heavy atom. The van der Waals surface area contributed by atoms with Crippen molar-refractivity contribution in [2.45, 2.75) is 46.3 Å². The Hall–Kier alpha value is -2.24. The van der Waals surface area contributed by atoms with Gasteiger partial charge < -0.3 is 19.5 Å². The van der Waals surface area contributed by atoms with Crippen LogP contribution in [0.3, 0.4) is 0 Å². The number of amides is 2. The van der Waals surface area contributed by atoms with Crippen LogP contribution in [0.2, 0.25) is 10.0 Å². The highest BCUT2D eigenvalue weighted by Crippen LogP contribution is 2.33. The topological polar surface area (TPSA) is 98.2 Å². The Morgan fingerprint density at radius 3 is 2.44 bits per heavy atom. The van der Waals surface area contributed by atoms with Crippen molar-refractivity contribution in [3.8, 4) is 17.2 Å². The summed E-state index contributed by atoms with van der Waals surface area (Å²) in [5.74, 6) is 0.770. The molecule has 2 atom stereocenters. The van der Waals surface area contributed by atoms with Crippen molar-refractivity contribution in [2.24, 2.45) is 11.0 Å². The van der Waals surface area contributed by atoms with Crippen LogP contribution in [0.4, 0.5) is 0 Å². The van der Waals surface area contributed by atoms with E-state index in [1.54, 1.807) is 32.2 Å². The molecular formula is C25H30Cl2IN3O5. The van der Waals surface area contributed by atoms with Gasteiger partial charge in [0.1, 0.15) is 11.8 Å². The Labute approximate surface area is 235 Å². The van der Waals surface area contributed by atoms with Crippen LogP contribution in [0.15, 0.2) is 35.4 Å². The zero-order chi connectivity index (χ0) is 26.8. The van der Waals surface area contributed by atoms with Crippen LogP contribution >= 0.6 is 45.8 Å². The summed E-state index contributed by atoms with van der Waals surface area (Å²) >= 11 is 14.2. The molecule has 2 rings (SSSR count). The third kappa shape index (κ3) is 9.01. The van der Waals surface area contributed by atoms with Crippen LogP contribution in [0.1, 0.15) is 39.7 Å². The van der Waals surface area contributed by atoms with E-state index in [0.29, 0.717) is 35.3 Å². The minimum atomic E-state index is -0.895. The van der Waals surface area contributed by atoms with Gasteiger partial charge in [-0.3, -0.25) is 9.59 Å². The number of nitrogens with zero attached hydrogens (tertiary/aromatic N) is 1. The molecule has 0 aliphatic heterocycles. The molecule has 2 aromatic carbocycles. The van der Waals surface area contributed by atoms with Gasteiger partial charge >= 0.3 is 0 Å². The number of methoxy groups -OCH3 is 1. The Bertz CT molecular complexity index is 1100. The lowest BCUT2D eigenvalue weighted by atomic mass is 10.0. The maximum absolute atomic E-state index is 12.9. The van der Waals surface area contributed by atoms with E-state index in [1.807, 2.05) is 26.8 Å². The molecule has 2 aromatic rings. The Balaban J connectivity index is 2.07.